The average Bonchev–Trinajstić information content (AvgIpc) is 3.31. The molecule has 6 nitrogen and oxygen atoms in total. The van der Waals surface area contributed by atoms with E-state index in [1.807, 2.05) is 19.1 Å². The number of benzene rings is 1. The molecule has 0 spiro atoms. The van der Waals surface area contributed by atoms with E-state index in [9.17, 15) is 0 Å². The Labute approximate surface area is 159 Å². The first-order chi connectivity index (χ1) is 12.6. The Morgan fingerprint density at radius 1 is 1.35 bits per heavy atom. The van der Waals surface area contributed by atoms with Crippen LogP contribution in [0, 0.1) is 6.92 Å². The number of hydrogen-bond donors (Lipinski definition) is 2. The van der Waals surface area contributed by atoms with Crippen LogP contribution < -0.4 is 10.6 Å². The van der Waals surface area contributed by atoms with E-state index in [0.29, 0.717) is 11.7 Å². The number of rotatable bonds is 8. The van der Waals surface area contributed by atoms with Gasteiger partial charge in [0, 0.05) is 29.9 Å². The Balaban J connectivity index is 1.52. The zero-order valence-electron chi connectivity index (χ0n) is 15.4. The molecule has 1 aliphatic rings. The van der Waals surface area contributed by atoms with Crippen molar-refractivity contribution in [3.63, 3.8) is 0 Å². The van der Waals surface area contributed by atoms with Crippen molar-refractivity contribution < 1.29 is 4.52 Å². The highest BCUT2D eigenvalue weighted by Crippen LogP contribution is 2.48. The SMILES string of the molecule is CCNC(=NCC1(c2cccc(Cl)c2)CC1)NCCCc1nc(C)no1. The third kappa shape index (κ3) is 4.97. The number of nitrogens with zero attached hydrogens (tertiary/aromatic N) is 3. The minimum Gasteiger partial charge on any atom is -0.357 e. The molecule has 1 heterocycles. The highest BCUT2D eigenvalue weighted by atomic mass is 35.5. The molecule has 0 unspecified atom stereocenters. The van der Waals surface area contributed by atoms with E-state index < -0.39 is 0 Å². The molecule has 1 fully saturated rings. The molecule has 0 saturated heterocycles. The fourth-order valence-electron chi connectivity index (χ4n) is 2.97. The van der Waals surface area contributed by atoms with Gasteiger partial charge in [0.25, 0.3) is 0 Å². The number of aliphatic imine (C=N–C) groups is 1. The largest absolute Gasteiger partial charge is 0.357 e. The summed E-state index contributed by atoms with van der Waals surface area (Å²) >= 11 is 6.15. The van der Waals surface area contributed by atoms with Gasteiger partial charge in [0.2, 0.25) is 5.89 Å². The van der Waals surface area contributed by atoms with Crippen LogP contribution in [0.5, 0.6) is 0 Å². The maximum Gasteiger partial charge on any atom is 0.226 e. The van der Waals surface area contributed by atoms with Gasteiger partial charge in [-0.25, -0.2) is 0 Å². The van der Waals surface area contributed by atoms with Gasteiger partial charge in [-0.3, -0.25) is 4.99 Å². The smallest absolute Gasteiger partial charge is 0.226 e. The van der Waals surface area contributed by atoms with Crippen molar-refractivity contribution >= 4 is 17.6 Å². The van der Waals surface area contributed by atoms with E-state index >= 15 is 0 Å². The highest BCUT2D eigenvalue weighted by molar-refractivity contribution is 6.30. The predicted octanol–water partition coefficient (Wildman–Crippen LogP) is 3.25. The van der Waals surface area contributed by atoms with Gasteiger partial charge in [-0.05, 0) is 50.8 Å². The molecule has 0 radical (unpaired) electrons. The maximum absolute atomic E-state index is 6.15. The number of nitrogens with one attached hydrogen (secondary N) is 2. The molecule has 0 atom stereocenters. The molecule has 0 aliphatic heterocycles. The van der Waals surface area contributed by atoms with Crippen molar-refractivity contribution in [1.82, 2.24) is 20.8 Å². The minimum atomic E-state index is 0.147. The monoisotopic (exact) mass is 375 g/mol. The molecule has 3 rings (SSSR count). The normalized spacial score (nSPS) is 15.7. The van der Waals surface area contributed by atoms with Gasteiger partial charge in [0.1, 0.15) is 0 Å². The molecular formula is C19H26ClN5O. The molecule has 2 aromatic rings. The average molecular weight is 376 g/mol. The molecule has 140 valence electrons. The van der Waals surface area contributed by atoms with E-state index in [0.717, 1.165) is 56.3 Å². The van der Waals surface area contributed by atoms with Gasteiger partial charge in [-0.1, -0.05) is 28.9 Å². The summed E-state index contributed by atoms with van der Waals surface area (Å²) in [5, 5.41) is 11.3. The summed E-state index contributed by atoms with van der Waals surface area (Å²) in [7, 11) is 0. The Bertz CT molecular complexity index is 754. The molecule has 0 bridgehead atoms. The van der Waals surface area contributed by atoms with E-state index in [1.165, 1.54) is 5.56 Å². The zero-order chi connectivity index (χ0) is 18.4. The lowest BCUT2D eigenvalue weighted by Crippen LogP contribution is -2.38. The summed E-state index contributed by atoms with van der Waals surface area (Å²) in [5.41, 5.74) is 1.44. The third-order valence-corrected chi connectivity index (χ3v) is 4.84. The summed E-state index contributed by atoms with van der Waals surface area (Å²) in [4.78, 5) is 9.02. The number of halogens is 1. The van der Waals surface area contributed by atoms with Crippen LogP contribution >= 0.6 is 11.6 Å². The van der Waals surface area contributed by atoms with E-state index in [4.69, 9.17) is 21.1 Å². The summed E-state index contributed by atoms with van der Waals surface area (Å²) < 4.78 is 5.13. The van der Waals surface area contributed by atoms with Crippen molar-refractivity contribution in [2.45, 2.75) is 44.9 Å². The molecule has 1 saturated carbocycles. The highest BCUT2D eigenvalue weighted by Gasteiger charge is 2.44. The maximum atomic E-state index is 6.15. The topological polar surface area (TPSA) is 75.3 Å². The second-order valence-electron chi connectivity index (χ2n) is 6.75. The summed E-state index contributed by atoms with van der Waals surface area (Å²) in [6.45, 7) is 6.30. The van der Waals surface area contributed by atoms with Crippen molar-refractivity contribution in [2.24, 2.45) is 4.99 Å². The minimum absolute atomic E-state index is 0.147. The summed E-state index contributed by atoms with van der Waals surface area (Å²) in [6.07, 6.45) is 3.99. The second-order valence-corrected chi connectivity index (χ2v) is 7.19. The van der Waals surface area contributed by atoms with Crippen molar-refractivity contribution in [2.75, 3.05) is 19.6 Å². The fraction of sp³-hybridized carbons (Fsp3) is 0.526. The van der Waals surface area contributed by atoms with Crippen LogP contribution in [0.3, 0.4) is 0 Å². The Morgan fingerprint density at radius 2 is 2.19 bits per heavy atom. The van der Waals surface area contributed by atoms with Crippen LogP contribution in [-0.2, 0) is 11.8 Å². The Morgan fingerprint density at radius 3 is 2.85 bits per heavy atom. The molecule has 7 heteroatoms. The number of aryl methyl sites for hydroxylation is 2. The molecule has 26 heavy (non-hydrogen) atoms. The molecule has 1 aromatic heterocycles. The third-order valence-electron chi connectivity index (χ3n) is 4.60. The van der Waals surface area contributed by atoms with Gasteiger partial charge in [-0.2, -0.15) is 4.98 Å². The molecule has 1 aliphatic carbocycles. The zero-order valence-corrected chi connectivity index (χ0v) is 16.1. The van der Waals surface area contributed by atoms with Crippen LogP contribution in [0.15, 0.2) is 33.8 Å². The second kappa shape index (κ2) is 8.54. The fourth-order valence-corrected chi connectivity index (χ4v) is 3.16. The summed E-state index contributed by atoms with van der Waals surface area (Å²) in [5.74, 6) is 2.21. The van der Waals surface area contributed by atoms with Gasteiger partial charge < -0.3 is 15.2 Å². The first-order valence-corrected chi connectivity index (χ1v) is 9.56. The van der Waals surface area contributed by atoms with Gasteiger partial charge in [0.15, 0.2) is 11.8 Å². The van der Waals surface area contributed by atoms with Crippen molar-refractivity contribution in [3.8, 4) is 0 Å². The molecule has 0 amide bonds. The van der Waals surface area contributed by atoms with Crippen molar-refractivity contribution in [3.05, 3.63) is 46.6 Å². The lowest BCUT2D eigenvalue weighted by atomic mass is 9.96. The standard InChI is InChI=1S/C19H26ClN5O/c1-3-21-18(22-11-5-8-17-24-14(2)25-26-17)23-13-19(9-10-19)15-6-4-7-16(20)12-15/h4,6-7,12H,3,5,8-11,13H2,1-2H3,(H2,21,22,23). The first-order valence-electron chi connectivity index (χ1n) is 9.19. The Kier molecular flexibility index (Phi) is 6.14. The predicted molar refractivity (Wildman–Crippen MR) is 104 cm³/mol. The lowest BCUT2D eigenvalue weighted by molar-refractivity contribution is 0.372. The van der Waals surface area contributed by atoms with Crippen molar-refractivity contribution in [1.29, 1.82) is 0 Å². The Hall–Kier alpha value is -2.08. The van der Waals surface area contributed by atoms with E-state index in [-0.39, 0.29) is 5.41 Å². The molecule has 2 N–H and O–H groups in total. The van der Waals surface area contributed by atoms with Gasteiger partial charge in [0.05, 0.1) is 6.54 Å². The number of hydrogen-bond acceptors (Lipinski definition) is 4. The van der Waals surface area contributed by atoms with Crippen LogP contribution in [0.25, 0.3) is 0 Å². The van der Waals surface area contributed by atoms with Crippen LogP contribution in [0.2, 0.25) is 5.02 Å². The number of guanidine groups is 1. The van der Waals surface area contributed by atoms with Crippen LogP contribution in [0.4, 0.5) is 0 Å². The van der Waals surface area contributed by atoms with Crippen LogP contribution in [0.1, 0.15) is 43.5 Å². The quantitative estimate of drug-likeness (QED) is 0.421. The number of aromatic nitrogens is 2. The van der Waals surface area contributed by atoms with E-state index in [2.05, 4.69) is 39.8 Å². The summed E-state index contributed by atoms with van der Waals surface area (Å²) in [6, 6.07) is 8.16. The molecule has 1 aromatic carbocycles. The van der Waals surface area contributed by atoms with Crippen LogP contribution in [-0.4, -0.2) is 35.7 Å². The lowest BCUT2D eigenvalue weighted by Gasteiger charge is -2.16. The van der Waals surface area contributed by atoms with Gasteiger partial charge >= 0.3 is 0 Å². The molecular weight excluding hydrogens is 350 g/mol. The van der Waals surface area contributed by atoms with E-state index in [1.54, 1.807) is 0 Å². The van der Waals surface area contributed by atoms with Gasteiger partial charge in [-0.15, -0.1) is 0 Å². The first kappa shape index (κ1) is 18.7.